The van der Waals surface area contributed by atoms with Gasteiger partial charge in [-0.2, -0.15) is 0 Å². The van der Waals surface area contributed by atoms with Crippen molar-refractivity contribution < 1.29 is 9.47 Å². The molecule has 0 bridgehead atoms. The Morgan fingerprint density at radius 2 is 2.20 bits per heavy atom. The standard InChI is InChI=1S/C10H19N3O2/c1-3-4-5-14-6-7-15-10-9(11)8-13(2)12-10/h8H,3-7,11H2,1-2H3. The molecule has 0 fully saturated rings. The van der Waals surface area contributed by atoms with Crippen molar-refractivity contribution in [1.29, 1.82) is 0 Å². The molecular formula is C10H19N3O2. The molecule has 15 heavy (non-hydrogen) atoms. The first-order valence-corrected chi connectivity index (χ1v) is 5.23. The molecule has 0 aliphatic carbocycles. The van der Waals surface area contributed by atoms with Gasteiger partial charge in [0.15, 0.2) is 0 Å². The lowest BCUT2D eigenvalue weighted by atomic mass is 10.4. The highest BCUT2D eigenvalue weighted by atomic mass is 16.5. The van der Waals surface area contributed by atoms with E-state index in [0.717, 1.165) is 19.4 Å². The van der Waals surface area contributed by atoms with Gasteiger partial charge in [0.2, 0.25) is 0 Å². The number of nitrogens with two attached hydrogens (primary N) is 1. The lowest BCUT2D eigenvalue weighted by molar-refractivity contribution is 0.0965. The SMILES string of the molecule is CCCCOCCOc1nn(C)cc1N. The lowest BCUT2D eigenvalue weighted by Gasteiger charge is -2.04. The van der Waals surface area contributed by atoms with Crippen LogP contribution in [-0.2, 0) is 11.8 Å². The summed E-state index contributed by atoms with van der Waals surface area (Å²) in [5.41, 5.74) is 6.22. The predicted molar refractivity (Wildman–Crippen MR) is 58.8 cm³/mol. The van der Waals surface area contributed by atoms with Crippen LogP contribution in [0.4, 0.5) is 5.69 Å². The lowest BCUT2D eigenvalue weighted by Crippen LogP contribution is -2.08. The molecule has 2 N–H and O–H groups in total. The zero-order chi connectivity index (χ0) is 11.1. The Balaban J connectivity index is 2.12. The van der Waals surface area contributed by atoms with Crippen LogP contribution in [0.5, 0.6) is 5.88 Å². The van der Waals surface area contributed by atoms with Crippen LogP contribution in [0.15, 0.2) is 6.20 Å². The molecule has 0 aromatic carbocycles. The summed E-state index contributed by atoms with van der Waals surface area (Å²) in [6.45, 7) is 3.99. The molecule has 1 rings (SSSR count). The second kappa shape index (κ2) is 6.29. The van der Waals surface area contributed by atoms with Crippen LogP contribution in [0.2, 0.25) is 0 Å². The quantitative estimate of drug-likeness (QED) is 0.691. The molecule has 1 heterocycles. The number of hydrogen-bond donors (Lipinski definition) is 1. The van der Waals surface area contributed by atoms with Gasteiger partial charge in [-0.05, 0) is 6.42 Å². The van der Waals surface area contributed by atoms with Gasteiger partial charge in [0.25, 0.3) is 5.88 Å². The highest BCUT2D eigenvalue weighted by Crippen LogP contribution is 2.16. The van der Waals surface area contributed by atoms with Crippen molar-refractivity contribution in [2.45, 2.75) is 19.8 Å². The summed E-state index contributed by atoms with van der Waals surface area (Å²) in [6.07, 6.45) is 3.95. The monoisotopic (exact) mass is 213 g/mol. The van der Waals surface area contributed by atoms with E-state index in [4.69, 9.17) is 15.2 Å². The summed E-state index contributed by atoms with van der Waals surface area (Å²) in [5.74, 6) is 0.483. The molecule has 5 nitrogen and oxygen atoms in total. The summed E-state index contributed by atoms with van der Waals surface area (Å²) < 4.78 is 12.3. The van der Waals surface area contributed by atoms with E-state index in [2.05, 4.69) is 12.0 Å². The van der Waals surface area contributed by atoms with Crippen molar-refractivity contribution in [2.75, 3.05) is 25.6 Å². The van der Waals surface area contributed by atoms with E-state index in [1.807, 2.05) is 0 Å². The van der Waals surface area contributed by atoms with E-state index in [-0.39, 0.29) is 0 Å². The predicted octanol–water partition coefficient (Wildman–Crippen LogP) is 1.20. The smallest absolute Gasteiger partial charge is 0.256 e. The molecular weight excluding hydrogens is 194 g/mol. The van der Waals surface area contributed by atoms with Crippen molar-refractivity contribution in [3.05, 3.63) is 6.20 Å². The first-order valence-electron chi connectivity index (χ1n) is 5.23. The van der Waals surface area contributed by atoms with Crippen LogP contribution < -0.4 is 10.5 Å². The van der Waals surface area contributed by atoms with Gasteiger partial charge in [0.1, 0.15) is 12.3 Å². The molecule has 0 amide bonds. The minimum Gasteiger partial charge on any atom is -0.473 e. The number of anilines is 1. The van der Waals surface area contributed by atoms with Crippen LogP contribution in [0.25, 0.3) is 0 Å². The third kappa shape index (κ3) is 4.20. The van der Waals surface area contributed by atoms with Crippen LogP contribution in [0.3, 0.4) is 0 Å². The normalized spacial score (nSPS) is 10.5. The average Bonchev–Trinajstić information content (AvgIpc) is 2.51. The second-order valence-electron chi connectivity index (χ2n) is 3.38. The van der Waals surface area contributed by atoms with Gasteiger partial charge in [-0.3, -0.25) is 4.68 Å². The molecule has 0 aliphatic rings. The van der Waals surface area contributed by atoms with Gasteiger partial charge in [0.05, 0.1) is 12.8 Å². The van der Waals surface area contributed by atoms with Gasteiger partial charge in [0, 0.05) is 13.7 Å². The van der Waals surface area contributed by atoms with E-state index >= 15 is 0 Å². The summed E-state index contributed by atoms with van der Waals surface area (Å²) in [4.78, 5) is 0. The Bertz CT molecular complexity index is 286. The number of ether oxygens (including phenoxy) is 2. The zero-order valence-corrected chi connectivity index (χ0v) is 9.40. The minimum atomic E-state index is 0.483. The number of rotatable bonds is 7. The maximum absolute atomic E-state index is 5.65. The Kier molecular flexibility index (Phi) is 4.97. The Morgan fingerprint density at radius 3 is 2.80 bits per heavy atom. The van der Waals surface area contributed by atoms with Crippen molar-refractivity contribution in [3.8, 4) is 5.88 Å². The summed E-state index contributed by atoms with van der Waals surface area (Å²) in [6, 6.07) is 0. The Morgan fingerprint density at radius 1 is 1.40 bits per heavy atom. The molecule has 0 atom stereocenters. The minimum absolute atomic E-state index is 0.483. The summed E-state index contributed by atoms with van der Waals surface area (Å²) in [5, 5.41) is 4.06. The molecule has 0 spiro atoms. The highest BCUT2D eigenvalue weighted by Gasteiger charge is 2.04. The van der Waals surface area contributed by atoms with E-state index in [9.17, 15) is 0 Å². The van der Waals surface area contributed by atoms with Gasteiger partial charge < -0.3 is 15.2 Å². The van der Waals surface area contributed by atoms with E-state index < -0.39 is 0 Å². The average molecular weight is 213 g/mol. The highest BCUT2D eigenvalue weighted by molar-refractivity contribution is 5.45. The van der Waals surface area contributed by atoms with Gasteiger partial charge >= 0.3 is 0 Å². The number of nitrogen functional groups attached to an aromatic ring is 1. The number of aromatic nitrogens is 2. The number of hydrogen-bond acceptors (Lipinski definition) is 4. The molecule has 1 aromatic heterocycles. The molecule has 86 valence electrons. The van der Waals surface area contributed by atoms with E-state index in [1.54, 1.807) is 17.9 Å². The first-order chi connectivity index (χ1) is 7.24. The van der Waals surface area contributed by atoms with Crippen LogP contribution >= 0.6 is 0 Å². The summed E-state index contributed by atoms with van der Waals surface area (Å²) >= 11 is 0. The fraction of sp³-hybridized carbons (Fsp3) is 0.700. The fourth-order valence-electron chi connectivity index (χ4n) is 1.14. The maximum Gasteiger partial charge on any atom is 0.256 e. The molecule has 0 saturated carbocycles. The Hall–Kier alpha value is -1.23. The second-order valence-corrected chi connectivity index (χ2v) is 3.38. The van der Waals surface area contributed by atoms with Crippen molar-refractivity contribution in [2.24, 2.45) is 7.05 Å². The van der Waals surface area contributed by atoms with Gasteiger partial charge in [-0.25, -0.2) is 0 Å². The zero-order valence-electron chi connectivity index (χ0n) is 9.40. The van der Waals surface area contributed by atoms with E-state index in [0.29, 0.717) is 24.8 Å². The number of nitrogens with zero attached hydrogens (tertiary/aromatic N) is 2. The van der Waals surface area contributed by atoms with Crippen LogP contribution in [-0.4, -0.2) is 29.6 Å². The molecule has 5 heteroatoms. The fourth-order valence-corrected chi connectivity index (χ4v) is 1.14. The topological polar surface area (TPSA) is 62.3 Å². The van der Waals surface area contributed by atoms with Gasteiger partial charge in [-0.15, -0.1) is 5.10 Å². The maximum atomic E-state index is 5.65. The van der Waals surface area contributed by atoms with Gasteiger partial charge in [-0.1, -0.05) is 13.3 Å². The van der Waals surface area contributed by atoms with Crippen LogP contribution in [0, 0.1) is 0 Å². The van der Waals surface area contributed by atoms with E-state index in [1.165, 1.54) is 0 Å². The molecule has 0 unspecified atom stereocenters. The van der Waals surface area contributed by atoms with Crippen LogP contribution in [0.1, 0.15) is 19.8 Å². The largest absolute Gasteiger partial charge is 0.473 e. The summed E-state index contributed by atoms with van der Waals surface area (Å²) in [7, 11) is 1.81. The van der Waals surface area contributed by atoms with Crippen molar-refractivity contribution in [1.82, 2.24) is 9.78 Å². The third-order valence-electron chi connectivity index (χ3n) is 1.93. The molecule has 0 saturated heterocycles. The van der Waals surface area contributed by atoms with Crippen molar-refractivity contribution in [3.63, 3.8) is 0 Å². The molecule has 0 aliphatic heterocycles. The van der Waals surface area contributed by atoms with Crippen molar-refractivity contribution >= 4 is 5.69 Å². The third-order valence-corrected chi connectivity index (χ3v) is 1.93. The number of aryl methyl sites for hydroxylation is 1. The number of unbranched alkanes of at least 4 members (excludes halogenated alkanes) is 1. The molecule has 1 aromatic rings. The first kappa shape index (κ1) is 11.8. The Labute approximate surface area is 90.2 Å². The molecule has 0 radical (unpaired) electrons.